The Bertz CT molecular complexity index is 845. The molecule has 1 atom stereocenters. The van der Waals surface area contributed by atoms with Gasteiger partial charge in [-0.1, -0.05) is 30.3 Å². The van der Waals surface area contributed by atoms with Gasteiger partial charge in [0, 0.05) is 45.7 Å². The average molecular weight is 420 g/mol. The van der Waals surface area contributed by atoms with Gasteiger partial charge in [-0.3, -0.25) is 9.98 Å². The molecule has 1 aromatic carbocycles. The fraction of sp³-hybridized carbons (Fsp3) is 0.400. The number of hydrogen-bond acceptors (Lipinski definition) is 5. The van der Waals surface area contributed by atoms with Gasteiger partial charge in [0.15, 0.2) is 5.96 Å². The number of aliphatic imine (C=N–C) groups is 1. The van der Waals surface area contributed by atoms with Gasteiger partial charge in [0.2, 0.25) is 10.0 Å². The molecule has 0 bridgehead atoms. The number of aromatic nitrogens is 1. The number of pyridine rings is 1. The van der Waals surface area contributed by atoms with Gasteiger partial charge in [-0.25, -0.2) is 13.1 Å². The van der Waals surface area contributed by atoms with Crippen LogP contribution in [-0.2, 0) is 14.8 Å². The molecule has 1 heterocycles. The maximum absolute atomic E-state index is 12.1. The highest BCUT2D eigenvalue weighted by Crippen LogP contribution is 2.15. The zero-order valence-corrected chi connectivity index (χ0v) is 17.7. The van der Waals surface area contributed by atoms with Gasteiger partial charge in [-0.15, -0.1) is 0 Å². The molecule has 8 nitrogen and oxygen atoms in total. The van der Waals surface area contributed by atoms with Crippen molar-refractivity contribution >= 4 is 16.0 Å². The Morgan fingerprint density at radius 2 is 1.86 bits per heavy atom. The third kappa shape index (κ3) is 8.18. The number of nitrogens with zero attached hydrogens (tertiary/aromatic N) is 2. The molecule has 0 aliphatic heterocycles. The van der Waals surface area contributed by atoms with E-state index in [9.17, 15) is 8.42 Å². The number of sulfonamides is 1. The summed E-state index contributed by atoms with van der Waals surface area (Å²) in [4.78, 5) is 8.10. The van der Waals surface area contributed by atoms with E-state index in [0.29, 0.717) is 25.7 Å². The summed E-state index contributed by atoms with van der Waals surface area (Å²) in [6.45, 7) is 4.00. The fourth-order valence-electron chi connectivity index (χ4n) is 2.54. The van der Waals surface area contributed by atoms with Crippen molar-refractivity contribution in [2.75, 3.05) is 33.3 Å². The Morgan fingerprint density at radius 1 is 1.10 bits per heavy atom. The first-order valence-corrected chi connectivity index (χ1v) is 11.0. The molecule has 0 spiro atoms. The van der Waals surface area contributed by atoms with Gasteiger partial charge in [-0.05, 0) is 31.0 Å². The van der Waals surface area contributed by atoms with Gasteiger partial charge >= 0.3 is 0 Å². The first-order chi connectivity index (χ1) is 14.0. The quantitative estimate of drug-likeness (QED) is 0.291. The largest absolute Gasteiger partial charge is 0.374 e. The third-order valence-electron chi connectivity index (χ3n) is 4.13. The van der Waals surface area contributed by atoms with Crippen LogP contribution in [0.2, 0.25) is 0 Å². The summed E-state index contributed by atoms with van der Waals surface area (Å²) < 4.78 is 32.6. The van der Waals surface area contributed by atoms with Crippen LogP contribution < -0.4 is 15.4 Å². The van der Waals surface area contributed by atoms with Crippen LogP contribution in [0.4, 0.5) is 0 Å². The van der Waals surface area contributed by atoms with Crippen molar-refractivity contribution < 1.29 is 13.2 Å². The van der Waals surface area contributed by atoms with E-state index in [1.54, 1.807) is 13.1 Å². The molecule has 0 aliphatic carbocycles. The summed E-state index contributed by atoms with van der Waals surface area (Å²) in [6, 6.07) is 13.2. The monoisotopic (exact) mass is 419 g/mol. The minimum atomic E-state index is -3.55. The van der Waals surface area contributed by atoms with Gasteiger partial charge in [0.25, 0.3) is 0 Å². The van der Waals surface area contributed by atoms with Crippen molar-refractivity contribution in [1.82, 2.24) is 20.3 Å². The zero-order valence-electron chi connectivity index (χ0n) is 16.8. The van der Waals surface area contributed by atoms with Crippen molar-refractivity contribution in [1.29, 1.82) is 0 Å². The number of nitrogens with one attached hydrogen (secondary N) is 3. The van der Waals surface area contributed by atoms with E-state index in [4.69, 9.17) is 4.74 Å². The first kappa shape index (κ1) is 22.8. The van der Waals surface area contributed by atoms with Crippen molar-refractivity contribution in [3.05, 3.63) is 60.4 Å². The fourth-order valence-corrected chi connectivity index (χ4v) is 3.53. The van der Waals surface area contributed by atoms with Crippen LogP contribution >= 0.6 is 0 Å². The lowest BCUT2D eigenvalue weighted by atomic mass is 10.1. The van der Waals surface area contributed by atoms with Crippen molar-refractivity contribution in [3.63, 3.8) is 0 Å². The summed E-state index contributed by atoms with van der Waals surface area (Å²) >= 11 is 0. The zero-order chi connectivity index (χ0) is 21.0. The molecule has 3 N–H and O–H groups in total. The Hall–Kier alpha value is -2.49. The second-order valence-electron chi connectivity index (χ2n) is 6.29. The van der Waals surface area contributed by atoms with E-state index in [-0.39, 0.29) is 17.5 Å². The Balaban J connectivity index is 1.59. The molecule has 0 saturated carbocycles. The van der Waals surface area contributed by atoms with E-state index < -0.39 is 10.0 Å². The molecule has 9 heteroatoms. The molecule has 2 aromatic rings. The topological polar surface area (TPSA) is 105 Å². The second-order valence-corrected chi connectivity index (χ2v) is 8.06. The molecule has 0 radical (unpaired) electrons. The van der Waals surface area contributed by atoms with Crippen molar-refractivity contribution in [2.24, 2.45) is 4.99 Å². The molecular weight excluding hydrogens is 390 g/mol. The minimum Gasteiger partial charge on any atom is -0.374 e. The normalized spacial score (nSPS) is 13.1. The Morgan fingerprint density at radius 3 is 2.55 bits per heavy atom. The predicted molar refractivity (Wildman–Crippen MR) is 114 cm³/mol. The molecule has 0 aliphatic rings. The molecule has 0 fully saturated rings. The minimum absolute atomic E-state index is 0.0569. The molecule has 1 aromatic heterocycles. The molecule has 29 heavy (non-hydrogen) atoms. The first-order valence-electron chi connectivity index (χ1n) is 9.53. The number of ether oxygens (including phenoxy) is 1. The van der Waals surface area contributed by atoms with Crippen LogP contribution in [0.15, 0.2) is 64.7 Å². The third-order valence-corrected chi connectivity index (χ3v) is 5.57. The summed E-state index contributed by atoms with van der Waals surface area (Å²) in [6.07, 6.45) is 3.73. The van der Waals surface area contributed by atoms with E-state index in [0.717, 1.165) is 12.0 Å². The number of benzene rings is 1. The highest BCUT2D eigenvalue weighted by atomic mass is 32.2. The van der Waals surface area contributed by atoms with Gasteiger partial charge in [0.1, 0.15) is 4.90 Å². The van der Waals surface area contributed by atoms with E-state index in [1.165, 1.54) is 18.5 Å². The highest BCUT2D eigenvalue weighted by molar-refractivity contribution is 7.89. The van der Waals surface area contributed by atoms with Crippen molar-refractivity contribution in [3.8, 4) is 0 Å². The summed E-state index contributed by atoms with van der Waals surface area (Å²) in [5, 5.41) is 6.26. The van der Waals surface area contributed by atoms with E-state index in [2.05, 4.69) is 37.5 Å². The molecule has 1 unspecified atom stereocenters. The molecular formula is C20H29N5O3S. The smallest absolute Gasteiger partial charge is 0.242 e. The summed E-state index contributed by atoms with van der Waals surface area (Å²) in [7, 11) is -1.88. The molecule has 0 amide bonds. The molecule has 158 valence electrons. The van der Waals surface area contributed by atoms with E-state index in [1.807, 2.05) is 25.1 Å². The molecule has 0 saturated heterocycles. The van der Waals surface area contributed by atoms with Crippen LogP contribution in [0.3, 0.4) is 0 Å². The van der Waals surface area contributed by atoms with Gasteiger partial charge < -0.3 is 15.4 Å². The maximum atomic E-state index is 12.1. The Kier molecular flexibility index (Phi) is 9.55. The molecule has 2 rings (SSSR count). The van der Waals surface area contributed by atoms with Gasteiger partial charge in [-0.2, -0.15) is 0 Å². The predicted octanol–water partition coefficient (Wildman–Crippen LogP) is 1.69. The lowest BCUT2D eigenvalue weighted by molar-refractivity contribution is 0.0646. The lowest BCUT2D eigenvalue weighted by Gasteiger charge is -2.15. The average Bonchev–Trinajstić information content (AvgIpc) is 2.76. The summed E-state index contributed by atoms with van der Waals surface area (Å²) in [5.41, 5.74) is 1.16. The van der Waals surface area contributed by atoms with Crippen LogP contribution in [0, 0.1) is 0 Å². The highest BCUT2D eigenvalue weighted by Gasteiger charge is 2.12. The van der Waals surface area contributed by atoms with Crippen LogP contribution in [0.1, 0.15) is 25.0 Å². The summed E-state index contributed by atoms with van der Waals surface area (Å²) in [5.74, 6) is 0.613. The van der Waals surface area contributed by atoms with Crippen LogP contribution in [-0.4, -0.2) is 52.7 Å². The van der Waals surface area contributed by atoms with Crippen LogP contribution in [0.25, 0.3) is 0 Å². The second kappa shape index (κ2) is 12.2. The number of guanidine groups is 1. The van der Waals surface area contributed by atoms with Gasteiger partial charge in [0.05, 0.1) is 6.10 Å². The van der Waals surface area contributed by atoms with E-state index >= 15 is 0 Å². The SMILES string of the molecule is CN=C(NCCCOC(C)c1ccccc1)NCCNS(=O)(=O)c1cccnc1. The Labute approximate surface area is 172 Å². The lowest BCUT2D eigenvalue weighted by Crippen LogP contribution is -2.42. The van der Waals surface area contributed by atoms with Crippen molar-refractivity contribution in [2.45, 2.75) is 24.3 Å². The number of hydrogen-bond donors (Lipinski definition) is 3. The standard InChI is InChI=1S/C20H29N5O3S/c1-17(18-8-4-3-5-9-18)28-15-7-12-23-20(21-2)24-13-14-25-29(26,27)19-10-6-11-22-16-19/h3-6,8-11,16-17,25H,7,12-15H2,1-2H3,(H2,21,23,24). The van der Waals surface area contributed by atoms with Crippen LogP contribution in [0.5, 0.6) is 0 Å². The maximum Gasteiger partial charge on any atom is 0.242 e. The number of rotatable bonds is 11.